The summed E-state index contributed by atoms with van der Waals surface area (Å²) in [5.74, 6) is -0.704. The topological polar surface area (TPSA) is 80.9 Å². The maximum absolute atomic E-state index is 10.6. The zero-order valence-corrected chi connectivity index (χ0v) is 9.85. The Balaban J connectivity index is 2.42. The van der Waals surface area contributed by atoms with Gasteiger partial charge in [-0.1, -0.05) is 23.2 Å². The van der Waals surface area contributed by atoms with E-state index in [2.05, 4.69) is 15.5 Å². The zero-order valence-electron chi connectivity index (χ0n) is 8.34. The molecule has 1 N–H and O–H groups in total. The summed E-state index contributed by atoms with van der Waals surface area (Å²) in [7, 11) is 0. The monoisotopic (exact) mass is 272 g/mol. The van der Waals surface area contributed by atoms with Crippen molar-refractivity contribution >= 4 is 29.2 Å². The SMILES string of the molecule is O=C(O)Cn1nnnc1-c1ccc(Cl)c(Cl)c1. The van der Waals surface area contributed by atoms with E-state index in [1.54, 1.807) is 18.2 Å². The van der Waals surface area contributed by atoms with E-state index in [0.29, 0.717) is 21.4 Å². The van der Waals surface area contributed by atoms with Gasteiger partial charge < -0.3 is 5.11 Å². The van der Waals surface area contributed by atoms with E-state index < -0.39 is 5.97 Å². The number of halogens is 2. The molecule has 0 saturated carbocycles. The van der Waals surface area contributed by atoms with Crippen molar-refractivity contribution in [1.82, 2.24) is 20.2 Å². The molecule has 0 fully saturated rings. The molecule has 1 aromatic carbocycles. The van der Waals surface area contributed by atoms with Gasteiger partial charge >= 0.3 is 5.97 Å². The second kappa shape index (κ2) is 4.68. The molecular weight excluding hydrogens is 267 g/mol. The number of nitrogens with zero attached hydrogens (tertiary/aromatic N) is 4. The van der Waals surface area contributed by atoms with Gasteiger partial charge in [0.1, 0.15) is 6.54 Å². The number of benzene rings is 1. The van der Waals surface area contributed by atoms with Gasteiger partial charge in [0.05, 0.1) is 10.0 Å². The maximum atomic E-state index is 10.6. The zero-order chi connectivity index (χ0) is 12.4. The number of carbonyl (C=O) groups is 1. The van der Waals surface area contributed by atoms with Crippen molar-refractivity contribution in [3.05, 3.63) is 28.2 Å². The van der Waals surface area contributed by atoms with E-state index in [1.165, 1.54) is 4.68 Å². The Morgan fingerprint density at radius 2 is 2.12 bits per heavy atom. The molecule has 0 aliphatic rings. The number of rotatable bonds is 3. The van der Waals surface area contributed by atoms with Crippen LogP contribution >= 0.6 is 23.2 Å². The molecule has 0 bridgehead atoms. The summed E-state index contributed by atoms with van der Waals surface area (Å²) in [5.41, 5.74) is 0.602. The van der Waals surface area contributed by atoms with E-state index in [4.69, 9.17) is 28.3 Å². The normalized spacial score (nSPS) is 10.5. The van der Waals surface area contributed by atoms with E-state index in [9.17, 15) is 4.79 Å². The van der Waals surface area contributed by atoms with Gasteiger partial charge in [-0.15, -0.1) is 5.10 Å². The molecule has 0 atom stereocenters. The number of carboxylic acids is 1. The summed E-state index contributed by atoms with van der Waals surface area (Å²) in [6.45, 7) is -0.317. The predicted octanol–water partition coefficient (Wildman–Crippen LogP) is 1.73. The Labute approximate surface area is 106 Å². The number of hydrogen-bond acceptors (Lipinski definition) is 4. The second-order valence-electron chi connectivity index (χ2n) is 3.18. The van der Waals surface area contributed by atoms with E-state index in [-0.39, 0.29) is 6.54 Å². The molecule has 17 heavy (non-hydrogen) atoms. The van der Waals surface area contributed by atoms with Gasteiger partial charge in [0.25, 0.3) is 0 Å². The third kappa shape index (κ3) is 2.54. The first-order valence-electron chi connectivity index (χ1n) is 4.51. The van der Waals surface area contributed by atoms with Crippen molar-refractivity contribution in [2.75, 3.05) is 0 Å². The number of aliphatic carboxylic acids is 1. The average Bonchev–Trinajstić information content (AvgIpc) is 2.69. The summed E-state index contributed by atoms with van der Waals surface area (Å²) in [6.07, 6.45) is 0. The van der Waals surface area contributed by atoms with Gasteiger partial charge in [-0.05, 0) is 28.6 Å². The Hall–Kier alpha value is -1.66. The minimum absolute atomic E-state index is 0.317. The van der Waals surface area contributed by atoms with Crippen molar-refractivity contribution in [2.24, 2.45) is 0 Å². The first-order chi connectivity index (χ1) is 8.08. The van der Waals surface area contributed by atoms with Crippen LogP contribution in [0.15, 0.2) is 18.2 Å². The molecule has 0 spiro atoms. The second-order valence-corrected chi connectivity index (χ2v) is 4.00. The highest BCUT2D eigenvalue weighted by molar-refractivity contribution is 6.42. The Kier molecular flexibility index (Phi) is 3.26. The number of tetrazole rings is 1. The lowest BCUT2D eigenvalue weighted by molar-refractivity contribution is -0.137. The molecule has 1 heterocycles. The van der Waals surface area contributed by atoms with Crippen LogP contribution in [0.2, 0.25) is 10.0 Å². The molecular formula is C9H6Cl2N4O2. The maximum Gasteiger partial charge on any atom is 0.325 e. The van der Waals surface area contributed by atoms with Crippen LogP contribution < -0.4 is 0 Å². The van der Waals surface area contributed by atoms with Crippen LogP contribution in [0, 0.1) is 0 Å². The first-order valence-corrected chi connectivity index (χ1v) is 5.27. The summed E-state index contributed by atoms with van der Waals surface area (Å²) in [6, 6.07) is 4.84. The van der Waals surface area contributed by atoms with E-state index in [0.717, 1.165) is 0 Å². The van der Waals surface area contributed by atoms with Crippen molar-refractivity contribution in [1.29, 1.82) is 0 Å². The van der Waals surface area contributed by atoms with Gasteiger partial charge in [-0.25, -0.2) is 4.68 Å². The molecule has 88 valence electrons. The van der Waals surface area contributed by atoms with Gasteiger partial charge in [0, 0.05) is 5.56 Å². The van der Waals surface area contributed by atoms with Crippen LogP contribution in [-0.2, 0) is 11.3 Å². The van der Waals surface area contributed by atoms with Crippen molar-refractivity contribution in [3.63, 3.8) is 0 Å². The molecule has 8 heteroatoms. The summed E-state index contributed by atoms with van der Waals surface area (Å²) in [4.78, 5) is 10.6. The molecule has 2 rings (SSSR count). The van der Waals surface area contributed by atoms with Crippen LogP contribution in [0.25, 0.3) is 11.4 Å². The molecule has 0 radical (unpaired) electrons. The lowest BCUT2D eigenvalue weighted by atomic mass is 10.2. The van der Waals surface area contributed by atoms with E-state index in [1.807, 2.05) is 0 Å². The molecule has 0 amide bonds. The highest BCUT2D eigenvalue weighted by atomic mass is 35.5. The van der Waals surface area contributed by atoms with Crippen molar-refractivity contribution in [2.45, 2.75) is 6.54 Å². The fraction of sp³-hybridized carbons (Fsp3) is 0.111. The van der Waals surface area contributed by atoms with Gasteiger partial charge in [-0.3, -0.25) is 4.79 Å². The molecule has 0 saturated heterocycles. The first kappa shape index (κ1) is 11.8. The number of aromatic nitrogens is 4. The van der Waals surface area contributed by atoms with Crippen LogP contribution in [0.4, 0.5) is 0 Å². The number of hydrogen-bond donors (Lipinski definition) is 1. The summed E-state index contributed by atoms with van der Waals surface area (Å²) in [5, 5.41) is 20.2. The van der Waals surface area contributed by atoms with Crippen LogP contribution in [0.5, 0.6) is 0 Å². The van der Waals surface area contributed by atoms with Crippen LogP contribution in [-0.4, -0.2) is 31.3 Å². The standard InChI is InChI=1S/C9H6Cl2N4O2/c10-6-2-1-5(3-7(6)11)9-12-13-14-15(9)4-8(16)17/h1-3H,4H2,(H,16,17). The molecule has 0 aliphatic heterocycles. The minimum atomic E-state index is -1.03. The predicted molar refractivity (Wildman–Crippen MR) is 60.9 cm³/mol. The fourth-order valence-corrected chi connectivity index (χ4v) is 1.58. The minimum Gasteiger partial charge on any atom is -0.480 e. The molecule has 0 unspecified atom stereocenters. The lowest BCUT2D eigenvalue weighted by Gasteiger charge is -2.03. The highest BCUT2D eigenvalue weighted by Gasteiger charge is 2.12. The van der Waals surface area contributed by atoms with Crippen LogP contribution in [0.3, 0.4) is 0 Å². The van der Waals surface area contributed by atoms with Gasteiger partial charge in [0.2, 0.25) is 0 Å². The fourth-order valence-electron chi connectivity index (χ4n) is 1.28. The Morgan fingerprint density at radius 1 is 1.35 bits per heavy atom. The van der Waals surface area contributed by atoms with E-state index >= 15 is 0 Å². The number of carboxylic acid groups (broad SMARTS) is 1. The third-order valence-corrected chi connectivity index (χ3v) is 2.73. The molecule has 6 nitrogen and oxygen atoms in total. The third-order valence-electron chi connectivity index (χ3n) is 1.99. The summed E-state index contributed by atoms with van der Waals surface area (Å²) < 4.78 is 1.17. The van der Waals surface area contributed by atoms with Crippen molar-refractivity contribution in [3.8, 4) is 11.4 Å². The smallest absolute Gasteiger partial charge is 0.325 e. The average molecular weight is 273 g/mol. The highest BCUT2D eigenvalue weighted by Crippen LogP contribution is 2.27. The van der Waals surface area contributed by atoms with Crippen LogP contribution in [0.1, 0.15) is 0 Å². The lowest BCUT2D eigenvalue weighted by Crippen LogP contribution is -2.11. The van der Waals surface area contributed by atoms with Gasteiger partial charge in [0.15, 0.2) is 5.82 Å². The molecule has 0 aliphatic carbocycles. The van der Waals surface area contributed by atoms with Crippen molar-refractivity contribution < 1.29 is 9.90 Å². The quantitative estimate of drug-likeness (QED) is 0.921. The largest absolute Gasteiger partial charge is 0.480 e. The Bertz CT molecular complexity index is 570. The molecule has 1 aromatic heterocycles. The summed E-state index contributed by atoms with van der Waals surface area (Å²) >= 11 is 11.6. The Morgan fingerprint density at radius 3 is 2.76 bits per heavy atom. The van der Waals surface area contributed by atoms with Gasteiger partial charge in [-0.2, -0.15) is 0 Å². The molecule has 2 aromatic rings.